The lowest BCUT2D eigenvalue weighted by Crippen LogP contribution is -2.38. The molecule has 5 nitrogen and oxygen atoms in total. The Labute approximate surface area is 200 Å². The van der Waals surface area contributed by atoms with Gasteiger partial charge in [-0.1, -0.05) is 48.5 Å². The summed E-state index contributed by atoms with van der Waals surface area (Å²) in [6.45, 7) is 0.954. The number of aliphatic imine (C=N–C) groups is 1. The Morgan fingerprint density at radius 3 is 2.42 bits per heavy atom. The summed E-state index contributed by atoms with van der Waals surface area (Å²) in [6.07, 6.45) is 1.99. The van der Waals surface area contributed by atoms with Crippen molar-refractivity contribution in [2.24, 2.45) is 4.99 Å². The van der Waals surface area contributed by atoms with Crippen molar-refractivity contribution in [2.45, 2.75) is 18.7 Å². The van der Waals surface area contributed by atoms with Gasteiger partial charge >= 0.3 is 0 Å². The molecule has 8 heteroatoms. The third-order valence-corrected chi connectivity index (χ3v) is 5.61. The summed E-state index contributed by atoms with van der Waals surface area (Å²) < 4.78 is 36.9. The van der Waals surface area contributed by atoms with Gasteiger partial charge in [0.2, 0.25) is 0 Å². The third-order valence-electron chi connectivity index (χ3n) is 4.78. The summed E-state index contributed by atoms with van der Waals surface area (Å²) in [6, 6.07) is 18.8. The van der Waals surface area contributed by atoms with Gasteiger partial charge in [0, 0.05) is 26.4 Å². The minimum Gasteiger partial charge on any atom is -0.356 e. The molecule has 0 saturated heterocycles. The van der Waals surface area contributed by atoms with Gasteiger partial charge in [0.1, 0.15) is 5.82 Å². The summed E-state index contributed by atoms with van der Waals surface area (Å²) in [5, 5.41) is 8.80. The Hall–Kier alpha value is -2.20. The second-order valence-corrected chi connectivity index (χ2v) is 9.41. The van der Waals surface area contributed by atoms with Gasteiger partial charge in [-0.25, -0.2) is 12.8 Å². The lowest BCUT2D eigenvalue weighted by atomic mass is 10.1. The van der Waals surface area contributed by atoms with Gasteiger partial charge in [0.05, 0.1) is 5.75 Å². The zero-order valence-corrected chi connectivity index (χ0v) is 20.7. The molecule has 0 radical (unpaired) electrons. The molecule has 3 rings (SSSR count). The first kappa shape index (κ1) is 25.1. The lowest BCUT2D eigenvalue weighted by molar-refractivity contribution is 0.599. The first-order chi connectivity index (χ1) is 14.3. The average Bonchev–Trinajstić information content (AvgIpc) is 2.71. The Balaban J connectivity index is 0.00000341. The van der Waals surface area contributed by atoms with Crippen LogP contribution in [0.25, 0.3) is 10.8 Å². The van der Waals surface area contributed by atoms with E-state index in [4.69, 9.17) is 0 Å². The summed E-state index contributed by atoms with van der Waals surface area (Å²) >= 11 is 0. The molecule has 2 N–H and O–H groups in total. The van der Waals surface area contributed by atoms with Gasteiger partial charge in [-0.15, -0.1) is 24.0 Å². The standard InChI is InChI=1S/C23H26FN3O2S.HI/c1-25-23(26-12-11-17-7-8-18-5-3-4-6-19(18)13-17)27-15-21-14-22(24)10-9-20(21)16-30(2,28)29;/h3-10,13-14H,11-12,15-16H2,1-2H3,(H2,25,26,27);1H. The minimum atomic E-state index is -3.21. The van der Waals surface area contributed by atoms with Crippen molar-refractivity contribution in [1.82, 2.24) is 10.6 Å². The number of sulfone groups is 1. The van der Waals surface area contributed by atoms with Gasteiger partial charge in [-0.2, -0.15) is 0 Å². The van der Waals surface area contributed by atoms with Crippen molar-refractivity contribution in [3.63, 3.8) is 0 Å². The van der Waals surface area contributed by atoms with Crippen molar-refractivity contribution in [2.75, 3.05) is 19.8 Å². The molecule has 0 fully saturated rings. The van der Waals surface area contributed by atoms with Crippen LogP contribution in [-0.4, -0.2) is 34.2 Å². The quantitative estimate of drug-likeness (QED) is 0.262. The normalized spacial score (nSPS) is 11.8. The molecule has 31 heavy (non-hydrogen) atoms. The molecule has 0 aromatic heterocycles. The number of benzene rings is 3. The third kappa shape index (κ3) is 7.77. The van der Waals surface area contributed by atoms with Crippen LogP contribution in [0, 0.1) is 5.82 Å². The molecular formula is C23H27FIN3O2S. The maximum atomic E-state index is 13.7. The molecule has 0 atom stereocenters. The molecule has 166 valence electrons. The molecular weight excluding hydrogens is 528 g/mol. The monoisotopic (exact) mass is 555 g/mol. The van der Waals surface area contributed by atoms with E-state index in [-0.39, 0.29) is 36.3 Å². The largest absolute Gasteiger partial charge is 0.356 e. The number of hydrogen-bond acceptors (Lipinski definition) is 3. The topological polar surface area (TPSA) is 70.6 Å². The summed E-state index contributed by atoms with van der Waals surface area (Å²) in [4.78, 5) is 4.19. The van der Waals surface area contributed by atoms with Crippen molar-refractivity contribution in [1.29, 1.82) is 0 Å². The predicted octanol–water partition coefficient (Wildman–Crippen LogP) is 4.05. The highest BCUT2D eigenvalue weighted by molar-refractivity contribution is 14.0. The highest BCUT2D eigenvalue weighted by Crippen LogP contribution is 2.16. The maximum Gasteiger partial charge on any atom is 0.191 e. The van der Waals surface area contributed by atoms with E-state index in [0.717, 1.165) is 6.42 Å². The van der Waals surface area contributed by atoms with Crippen LogP contribution >= 0.6 is 24.0 Å². The van der Waals surface area contributed by atoms with E-state index >= 15 is 0 Å². The van der Waals surface area contributed by atoms with E-state index in [2.05, 4.69) is 46.0 Å². The fourth-order valence-electron chi connectivity index (χ4n) is 3.30. The van der Waals surface area contributed by atoms with Crippen LogP contribution < -0.4 is 10.6 Å². The van der Waals surface area contributed by atoms with Gasteiger partial charge in [0.25, 0.3) is 0 Å². The molecule has 3 aromatic rings. The lowest BCUT2D eigenvalue weighted by Gasteiger charge is -2.14. The van der Waals surface area contributed by atoms with E-state index in [9.17, 15) is 12.8 Å². The van der Waals surface area contributed by atoms with Gasteiger partial charge in [-0.3, -0.25) is 4.99 Å². The number of guanidine groups is 1. The summed E-state index contributed by atoms with van der Waals surface area (Å²) in [5.41, 5.74) is 2.40. The Morgan fingerprint density at radius 1 is 0.968 bits per heavy atom. The van der Waals surface area contributed by atoms with Crippen molar-refractivity contribution in [3.05, 3.63) is 83.2 Å². The summed E-state index contributed by atoms with van der Waals surface area (Å²) in [5.74, 6) is 0.0480. The van der Waals surface area contributed by atoms with E-state index in [1.165, 1.54) is 40.8 Å². The number of nitrogens with zero attached hydrogens (tertiary/aromatic N) is 1. The van der Waals surface area contributed by atoms with E-state index in [1.807, 2.05) is 12.1 Å². The summed E-state index contributed by atoms with van der Waals surface area (Å²) in [7, 11) is -1.55. The van der Waals surface area contributed by atoms with E-state index < -0.39 is 15.7 Å². The average molecular weight is 555 g/mol. The van der Waals surface area contributed by atoms with Crippen LogP contribution in [0.15, 0.2) is 65.7 Å². The van der Waals surface area contributed by atoms with E-state index in [0.29, 0.717) is 23.6 Å². The molecule has 0 aliphatic rings. The van der Waals surface area contributed by atoms with Crippen LogP contribution in [0.1, 0.15) is 16.7 Å². The first-order valence-electron chi connectivity index (χ1n) is 9.71. The first-order valence-corrected chi connectivity index (χ1v) is 11.8. The molecule has 0 amide bonds. The Bertz CT molecular complexity index is 1170. The van der Waals surface area contributed by atoms with Gasteiger partial charge in [-0.05, 0) is 46.0 Å². The van der Waals surface area contributed by atoms with Crippen LogP contribution in [0.3, 0.4) is 0 Å². The number of nitrogens with one attached hydrogen (secondary N) is 2. The number of rotatable bonds is 7. The highest BCUT2D eigenvalue weighted by atomic mass is 127. The zero-order chi connectivity index (χ0) is 21.6. The molecule has 0 saturated carbocycles. The molecule has 0 aliphatic carbocycles. The molecule has 0 bridgehead atoms. The van der Waals surface area contributed by atoms with Crippen LogP contribution in [0.2, 0.25) is 0 Å². The molecule has 0 aliphatic heterocycles. The van der Waals surface area contributed by atoms with Gasteiger partial charge in [0.15, 0.2) is 15.8 Å². The Kier molecular flexibility index (Phi) is 9.24. The predicted molar refractivity (Wildman–Crippen MR) is 136 cm³/mol. The zero-order valence-electron chi connectivity index (χ0n) is 17.6. The molecule has 0 spiro atoms. The Morgan fingerprint density at radius 2 is 1.71 bits per heavy atom. The molecule has 0 unspecified atom stereocenters. The smallest absolute Gasteiger partial charge is 0.191 e. The van der Waals surface area contributed by atoms with Gasteiger partial charge < -0.3 is 10.6 Å². The van der Waals surface area contributed by atoms with Crippen molar-refractivity contribution < 1.29 is 12.8 Å². The molecule has 0 heterocycles. The fourth-order valence-corrected chi connectivity index (χ4v) is 4.15. The molecule has 3 aromatic carbocycles. The van der Waals surface area contributed by atoms with E-state index in [1.54, 1.807) is 7.05 Å². The maximum absolute atomic E-state index is 13.7. The number of halogens is 2. The van der Waals surface area contributed by atoms with Crippen LogP contribution in [0.5, 0.6) is 0 Å². The minimum absolute atomic E-state index is 0. The second-order valence-electron chi connectivity index (χ2n) is 7.27. The highest BCUT2D eigenvalue weighted by Gasteiger charge is 2.11. The van der Waals surface area contributed by atoms with Crippen LogP contribution in [-0.2, 0) is 28.6 Å². The van der Waals surface area contributed by atoms with Crippen LogP contribution in [0.4, 0.5) is 4.39 Å². The SMILES string of the molecule is CN=C(NCCc1ccc2ccccc2c1)NCc1cc(F)ccc1CS(C)(=O)=O.I. The number of hydrogen-bond donors (Lipinski definition) is 2. The fraction of sp³-hybridized carbons (Fsp3) is 0.261. The van der Waals surface area contributed by atoms with Crippen molar-refractivity contribution in [3.8, 4) is 0 Å². The van der Waals surface area contributed by atoms with Crippen molar-refractivity contribution >= 4 is 50.5 Å². The second kappa shape index (κ2) is 11.4. The number of fused-ring (bicyclic) bond motifs is 1.